The summed E-state index contributed by atoms with van der Waals surface area (Å²) in [6.45, 7) is 8.76. The molecule has 152 valence electrons. The number of nitrogens with one attached hydrogen (secondary N) is 1. The number of fused-ring (bicyclic) bond motifs is 1. The molecule has 1 atom stereocenters. The smallest absolute Gasteiger partial charge is 0.260 e. The van der Waals surface area contributed by atoms with Crippen LogP contribution < -0.4 is 10.1 Å². The minimum Gasteiger partial charge on any atom is -0.481 e. The molecule has 3 heteroatoms. The molecule has 1 amide bonds. The van der Waals surface area contributed by atoms with E-state index in [1.165, 1.54) is 16.3 Å². The molecule has 29 heavy (non-hydrogen) atoms. The second-order valence-electron chi connectivity index (χ2n) is 7.99. The number of ether oxygens (including phenoxy) is 1. The van der Waals surface area contributed by atoms with Gasteiger partial charge >= 0.3 is 0 Å². The molecule has 0 aromatic heterocycles. The molecule has 3 aromatic carbocycles. The van der Waals surface area contributed by atoms with E-state index >= 15 is 0 Å². The van der Waals surface area contributed by atoms with Gasteiger partial charge in [0.15, 0.2) is 6.10 Å². The summed E-state index contributed by atoms with van der Waals surface area (Å²) in [6, 6.07) is 21.0. The predicted molar refractivity (Wildman–Crippen MR) is 121 cm³/mol. The zero-order valence-corrected chi connectivity index (χ0v) is 17.9. The van der Waals surface area contributed by atoms with Gasteiger partial charge in [-0.25, -0.2) is 0 Å². The third-order valence-electron chi connectivity index (χ3n) is 5.27. The fraction of sp³-hybridized carbons (Fsp3) is 0.346. The number of hydrogen-bond acceptors (Lipinski definition) is 2. The lowest BCUT2D eigenvalue weighted by Crippen LogP contribution is -2.37. The first-order chi connectivity index (χ1) is 14.0. The van der Waals surface area contributed by atoms with Gasteiger partial charge in [0.25, 0.3) is 5.91 Å². The fourth-order valence-corrected chi connectivity index (χ4v) is 3.61. The van der Waals surface area contributed by atoms with Crippen molar-refractivity contribution < 1.29 is 9.53 Å². The standard InChI is InChI=1S/C26H31NO2/c1-18(2)23-15-14-19(3)17-25(23)29-20(4)26(28)27-16-8-12-22-11-7-10-21-9-5-6-13-24(21)22/h5-7,9-11,13-15,17-18,20H,8,12,16H2,1-4H3,(H,27,28)/t20-/m0/s1. The van der Waals surface area contributed by atoms with Gasteiger partial charge in [0.2, 0.25) is 0 Å². The zero-order chi connectivity index (χ0) is 20.8. The van der Waals surface area contributed by atoms with Gasteiger partial charge in [0, 0.05) is 6.54 Å². The molecule has 3 nitrogen and oxygen atoms in total. The van der Waals surface area contributed by atoms with Crippen LogP contribution in [0, 0.1) is 6.92 Å². The number of carbonyl (C=O) groups is 1. The Hall–Kier alpha value is -2.81. The molecule has 0 spiro atoms. The summed E-state index contributed by atoms with van der Waals surface area (Å²) in [5.74, 6) is 1.08. The van der Waals surface area contributed by atoms with E-state index in [4.69, 9.17) is 4.74 Å². The van der Waals surface area contributed by atoms with Crippen LogP contribution in [0.25, 0.3) is 10.8 Å². The van der Waals surface area contributed by atoms with Crippen molar-refractivity contribution in [2.75, 3.05) is 6.54 Å². The SMILES string of the molecule is Cc1ccc(C(C)C)c(O[C@@H](C)C(=O)NCCCc2cccc3ccccc23)c1. The van der Waals surface area contributed by atoms with Crippen molar-refractivity contribution in [3.05, 3.63) is 77.4 Å². The van der Waals surface area contributed by atoms with Gasteiger partial charge in [-0.1, -0.05) is 68.4 Å². The van der Waals surface area contributed by atoms with Crippen LogP contribution in [0.15, 0.2) is 60.7 Å². The maximum absolute atomic E-state index is 12.5. The molecular weight excluding hydrogens is 358 g/mol. The molecule has 0 aliphatic rings. The van der Waals surface area contributed by atoms with Gasteiger partial charge in [-0.2, -0.15) is 0 Å². The highest BCUT2D eigenvalue weighted by atomic mass is 16.5. The first-order valence-corrected chi connectivity index (χ1v) is 10.5. The van der Waals surface area contributed by atoms with Crippen molar-refractivity contribution in [3.8, 4) is 5.75 Å². The molecular formula is C26H31NO2. The largest absolute Gasteiger partial charge is 0.481 e. The average Bonchev–Trinajstić information content (AvgIpc) is 2.71. The Kier molecular flexibility index (Phi) is 6.92. The highest BCUT2D eigenvalue weighted by molar-refractivity contribution is 5.85. The minimum absolute atomic E-state index is 0.0702. The lowest BCUT2D eigenvalue weighted by molar-refractivity contribution is -0.127. The Balaban J connectivity index is 1.52. The summed E-state index contributed by atoms with van der Waals surface area (Å²) in [7, 11) is 0. The Morgan fingerprint density at radius 3 is 2.55 bits per heavy atom. The fourth-order valence-electron chi connectivity index (χ4n) is 3.61. The third kappa shape index (κ3) is 5.38. The summed E-state index contributed by atoms with van der Waals surface area (Å²) < 4.78 is 6.01. The number of hydrogen-bond donors (Lipinski definition) is 1. The molecule has 0 unspecified atom stereocenters. The summed E-state index contributed by atoms with van der Waals surface area (Å²) in [4.78, 5) is 12.5. The van der Waals surface area contributed by atoms with Gasteiger partial charge in [-0.15, -0.1) is 0 Å². The maximum atomic E-state index is 12.5. The van der Waals surface area contributed by atoms with Gasteiger partial charge in [-0.05, 0) is 66.1 Å². The quantitative estimate of drug-likeness (QED) is 0.495. The van der Waals surface area contributed by atoms with Crippen LogP contribution >= 0.6 is 0 Å². The zero-order valence-electron chi connectivity index (χ0n) is 17.9. The second kappa shape index (κ2) is 9.60. The highest BCUT2D eigenvalue weighted by Gasteiger charge is 2.17. The molecule has 3 aromatic rings. The molecule has 0 saturated heterocycles. The van der Waals surface area contributed by atoms with E-state index in [0.29, 0.717) is 12.5 Å². The first kappa shape index (κ1) is 20.9. The second-order valence-corrected chi connectivity index (χ2v) is 7.99. The van der Waals surface area contributed by atoms with Gasteiger partial charge in [0.05, 0.1) is 0 Å². The van der Waals surface area contributed by atoms with Crippen molar-refractivity contribution in [2.45, 2.75) is 52.6 Å². The summed E-state index contributed by atoms with van der Waals surface area (Å²) in [6.07, 6.45) is 1.31. The minimum atomic E-state index is -0.521. The first-order valence-electron chi connectivity index (χ1n) is 10.5. The van der Waals surface area contributed by atoms with Crippen LogP contribution in [-0.2, 0) is 11.2 Å². The Morgan fingerprint density at radius 2 is 1.76 bits per heavy atom. The molecule has 1 N–H and O–H groups in total. The topological polar surface area (TPSA) is 38.3 Å². The van der Waals surface area contributed by atoms with E-state index in [2.05, 4.69) is 73.8 Å². The van der Waals surface area contributed by atoms with E-state index < -0.39 is 6.10 Å². The van der Waals surface area contributed by atoms with Crippen molar-refractivity contribution in [3.63, 3.8) is 0 Å². The van der Waals surface area contributed by atoms with Gasteiger partial charge < -0.3 is 10.1 Å². The average molecular weight is 390 g/mol. The van der Waals surface area contributed by atoms with Crippen LogP contribution in [0.1, 0.15) is 49.8 Å². The van der Waals surface area contributed by atoms with E-state index in [-0.39, 0.29) is 5.91 Å². The van der Waals surface area contributed by atoms with Crippen LogP contribution in [-0.4, -0.2) is 18.6 Å². The van der Waals surface area contributed by atoms with E-state index in [0.717, 1.165) is 29.7 Å². The van der Waals surface area contributed by atoms with E-state index in [1.807, 2.05) is 19.9 Å². The van der Waals surface area contributed by atoms with Crippen molar-refractivity contribution >= 4 is 16.7 Å². The van der Waals surface area contributed by atoms with Gasteiger partial charge in [-0.3, -0.25) is 4.79 Å². The van der Waals surface area contributed by atoms with Crippen LogP contribution in [0.3, 0.4) is 0 Å². The van der Waals surface area contributed by atoms with Crippen LogP contribution in [0.2, 0.25) is 0 Å². The molecule has 0 saturated carbocycles. The number of amides is 1. The van der Waals surface area contributed by atoms with E-state index in [9.17, 15) is 4.79 Å². The molecule has 0 radical (unpaired) electrons. The van der Waals surface area contributed by atoms with E-state index in [1.54, 1.807) is 0 Å². The Morgan fingerprint density at radius 1 is 1.00 bits per heavy atom. The van der Waals surface area contributed by atoms with Crippen LogP contribution in [0.4, 0.5) is 0 Å². The normalized spacial score (nSPS) is 12.2. The molecule has 0 heterocycles. The lowest BCUT2D eigenvalue weighted by atomic mass is 10.0. The summed E-state index contributed by atoms with van der Waals surface area (Å²) >= 11 is 0. The van der Waals surface area contributed by atoms with Gasteiger partial charge in [0.1, 0.15) is 5.75 Å². The number of aryl methyl sites for hydroxylation is 2. The molecule has 3 rings (SSSR count). The third-order valence-corrected chi connectivity index (χ3v) is 5.27. The van der Waals surface area contributed by atoms with Crippen molar-refractivity contribution in [1.82, 2.24) is 5.32 Å². The van der Waals surface area contributed by atoms with Crippen molar-refractivity contribution in [2.24, 2.45) is 0 Å². The highest BCUT2D eigenvalue weighted by Crippen LogP contribution is 2.28. The summed E-state index contributed by atoms with van der Waals surface area (Å²) in [5.41, 5.74) is 3.58. The summed E-state index contributed by atoms with van der Waals surface area (Å²) in [5, 5.41) is 5.57. The molecule has 0 fully saturated rings. The lowest BCUT2D eigenvalue weighted by Gasteiger charge is -2.19. The number of benzene rings is 3. The molecule has 0 bridgehead atoms. The number of rotatable bonds is 8. The molecule has 0 aliphatic carbocycles. The Labute approximate surface area is 174 Å². The number of carbonyl (C=O) groups excluding carboxylic acids is 1. The van der Waals surface area contributed by atoms with Crippen molar-refractivity contribution in [1.29, 1.82) is 0 Å². The Bertz CT molecular complexity index is 972. The monoisotopic (exact) mass is 389 g/mol. The molecule has 0 aliphatic heterocycles. The predicted octanol–water partition coefficient (Wildman–Crippen LogP) is 5.79. The van der Waals surface area contributed by atoms with Crippen LogP contribution in [0.5, 0.6) is 5.75 Å². The maximum Gasteiger partial charge on any atom is 0.260 e.